The molecule has 1 aliphatic heterocycles. The van der Waals surface area contributed by atoms with Gasteiger partial charge in [0.15, 0.2) is 0 Å². The molecule has 100 valence electrons. The molecule has 1 unspecified atom stereocenters. The SMILES string of the molecule is CCCCCCCCCCC1CCCC(=O)O1. The molecule has 2 nitrogen and oxygen atoms in total. The Balaban J connectivity index is 1.85. The first kappa shape index (κ1) is 14.5. The van der Waals surface area contributed by atoms with Gasteiger partial charge in [-0.25, -0.2) is 0 Å². The lowest BCUT2D eigenvalue weighted by Gasteiger charge is -2.21. The van der Waals surface area contributed by atoms with Crippen LogP contribution in [0, 0.1) is 0 Å². The van der Waals surface area contributed by atoms with Crippen LogP contribution >= 0.6 is 0 Å². The van der Waals surface area contributed by atoms with Crippen LogP contribution in [0.25, 0.3) is 0 Å². The summed E-state index contributed by atoms with van der Waals surface area (Å²) in [6, 6.07) is 0. The predicted molar refractivity (Wildman–Crippen MR) is 71.0 cm³/mol. The largest absolute Gasteiger partial charge is 0.462 e. The molecule has 0 spiro atoms. The van der Waals surface area contributed by atoms with Crippen LogP contribution < -0.4 is 0 Å². The van der Waals surface area contributed by atoms with E-state index in [0.717, 1.165) is 19.3 Å². The van der Waals surface area contributed by atoms with E-state index in [-0.39, 0.29) is 12.1 Å². The number of esters is 1. The number of cyclic esters (lactones) is 1. The van der Waals surface area contributed by atoms with Crippen molar-refractivity contribution in [2.45, 2.75) is 90.1 Å². The summed E-state index contributed by atoms with van der Waals surface area (Å²) in [6.07, 6.45) is 14.8. The Bertz CT molecular complexity index is 201. The van der Waals surface area contributed by atoms with Gasteiger partial charge in [-0.3, -0.25) is 4.79 Å². The number of unbranched alkanes of at least 4 members (excludes halogenated alkanes) is 7. The van der Waals surface area contributed by atoms with E-state index in [1.165, 1.54) is 51.4 Å². The van der Waals surface area contributed by atoms with Crippen molar-refractivity contribution in [2.75, 3.05) is 0 Å². The first-order valence-corrected chi connectivity index (χ1v) is 7.52. The predicted octanol–water partition coefficient (Wildman–Crippen LogP) is 4.61. The summed E-state index contributed by atoms with van der Waals surface area (Å²) in [5.41, 5.74) is 0. The molecule has 1 rings (SSSR count). The first-order valence-electron chi connectivity index (χ1n) is 7.52. The maximum absolute atomic E-state index is 11.1. The molecule has 0 amide bonds. The van der Waals surface area contributed by atoms with Crippen molar-refractivity contribution in [3.05, 3.63) is 0 Å². The van der Waals surface area contributed by atoms with Gasteiger partial charge in [-0.05, 0) is 25.7 Å². The van der Waals surface area contributed by atoms with Crippen molar-refractivity contribution >= 4 is 5.97 Å². The summed E-state index contributed by atoms with van der Waals surface area (Å²) in [5.74, 6) is 0.0146. The van der Waals surface area contributed by atoms with Gasteiger partial charge in [0.1, 0.15) is 6.10 Å². The van der Waals surface area contributed by atoms with Gasteiger partial charge in [0.2, 0.25) is 0 Å². The monoisotopic (exact) mass is 240 g/mol. The Hall–Kier alpha value is -0.530. The minimum absolute atomic E-state index is 0.0146. The second kappa shape index (κ2) is 9.49. The summed E-state index contributed by atoms with van der Waals surface area (Å²) in [5, 5.41) is 0. The first-order chi connectivity index (χ1) is 8.33. The van der Waals surface area contributed by atoms with Crippen molar-refractivity contribution in [3.8, 4) is 0 Å². The molecular weight excluding hydrogens is 212 g/mol. The van der Waals surface area contributed by atoms with Crippen LogP contribution in [0.3, 0.4) is 0 Å². The molecule has 0 radical (unpaired) electrons. The molecule has 1 atom stereocenters. The molecule has 1 fully saturated rings. The van der Waals surface area contributed by atoms with Crippen molar-refractivity contribution < 1.29 is 9.53 Å². The molecule has 0 N–H and O–H groups in total. The Morgan fingerprint density at radius 2 is 1.71 bits per heavy atom. The second-order valence-electron chi connectivity index (χ2n) is 5.27. The van der Waals surface area contributed by atoms with E-state index in [9.17, 15) is 4.79 Å². The fraction of sp³-hybridized carbons (Fsp3) is 0.933. The number of ether oxygens (including phenoxy) is 1. The van der Waals surface area contributed by atoms with Crippen molar-refractivity contribution in [1.29, 1.82) is 0 Å². The van der Waals surface area contributed by atoms with E-state index in [0.29, 0.717) is 6.42 Å². The summed E-state index contributed by atoms with van der Waals surface area (Å²) < 4.78 is 5.31. The Kier molecular flexibility index (Phi) is 8.12. The second-order valence-corrected chi connectivity index (χ2v) is 5.27. The Morgan fingerprint density at radius 1 is 1.06 bits per heavy atom. The van der Waals surface area contributed by atoms with Crippen LogP contribution in [0.2, 0.25) is 0 Å². The zero-order valence-corrected chi connectivity index (χ0v) is 11.4. The average Bonchev–Trinajstić information content (AvgIpc) is 2.33. The van der Waals surface area contributed by atoms with Gasteiger partial charge >= 0.3 is 5.97 Å². The fourth-order valence-corrected chi connectivity index (χ4v) is 2.49. The standard InChI is InChI=1S/C15H28O2/c1-2-3-4-5-6-7-8-9-11-14-12-10-13-15(16)17-14/h14H,2-13H2,1H3. The lowest BCUT2D eigenvalue weighted by molar-refractivity contribution is -0.154. The van der Waals surface area contributed by atoms with Crippen molar-refractivity contribution in [1.82, 2.24) is 0 Å². The molecule has 1 saturated heterocycles. The number of carbonyl (C=O) groups is 1. The molecule has 1 aliphatic rings. The summed E-state index contributed by atoms with van der Waals surface area (Å²) in [4.78, 5) is 11.1. The van der Waals surface area contributed by atoms with Crippen LogP contribution in [0.4, 0.5) is 0 Å². The lowest BCUT2D eigenvalue weighted by atomic mass is 10.0. The highest BCUT2D eigenvalue weighted by Crippen LogP contribution is 2.19. The van der Waals surface area contributed by atoms with E-state index in [4.69, 9.17) is 4.74 Å². The zero-order valence-electron chi connectivity index (χ0n) is 11.4. The van der Waals surface area contributed by atoms with Gasteiger partial charge in [0.25, 0.3) is 0 Å². The number of carbonyl (C=O) groups excluding carboxylic acids is 1. The molecule has 0 aromatic heterocycles. The average molecular weight is 240 g/mol. The lowest BCUT2D eigenvalue weighted by Crippen LogP contribution is -2.23. The van der Waals surface area contributed by atoms with Crippen molar-refractivity contribution in [3.63, 3.8) is 0 Å². The maximum atomic E-state index is 11.1. The number of rotatable bonds is 9. The van der Waals surface area contributed by atoms with Crippen LogP contribution in [-0.4, -0.2) is 12.1 Å². The van der Waals surface area contributed by atoms with E-state index in [1.54, 1.807) is 0 Å². The fourth-order valence-electron chi connectivity index (χ4n) is 2.49. The van der Waals surface area contributed by atoms with E-state index in [1.807, 2.05) is 0 Å². The third kappa shape index (κ3) is 7.40. The molecular formula is C15H28O2. The molecule has 0 aliphatic carbocycles. The Morgan fingerprint density at radius 3 is 2.35 bits per heavy atom. The highest BCUT2D eigenvalue weighted by atomic mass is 16.5. The molecule has 0 aromatic rings. The topological polar surface area (TPSA) is 26.3 Å². The molecule has 17 heavy (non-hydrogen) atoms. The minimum Gasteiger partial charge on any atom is -0.462 e. The summed E-state index contributed by atoms with van der Waals surface area (Å²) in [7, 11) is 0. The van der Waals surface area contributed by atoms with Gasteiger partial charge < -0.3 is 4.74 Å². The van der Waals surface area contributed by atoms with E-state index >= 15 is 0 Å². The molecule has 1 heterocycles. The smallest absolute Gasteiger partial charge is 0.306 e. The van der Waals surface area contributed by atoms with E-state index < -0.39 is 0 Å². The molecule has 0 saturated carbocycles. The van der Waals surface area contributed by atoms with Gasteiger partial charge in [0, 0.05) is 6.42 Å². The quantitative estimate of drug-likeness (QED) is 0.434. The molecule has 0 bridgehead atoms. The number of hydrogen-bond acceptors (Lipinski definition) is 2. The van der Waals surface area contributed by atoms with Gasteiger partial charge in [0.05, 0.1) is 0 Å². The van der Waals surface area contributed by atoms with Crippen molar-refractivity contribution in [2.24, 2.45) is 0 Å². The Labute approximate surface area is 106 Å². The third-order valence-electron chi connectivity index (χ3n) is 3.58. The highest BCUT2D eigenvalue weighted by Gasteiger charge is 2.19. The number of hydrogen-bond donors (Lipinski definition) is 0. The van der Waals surface area contributed by atoms with Gasteiger partial charge in [-0.1, -0.05) is 51.9 Å². The van der Waals surface area contributed by atoms with E-state index in [2.05, 4.69) is 6.92 Å². The third-order valence-corrected chi connectivity index (χ3v) is 3.58. The summed E-state index contributed by atoms with van der Waals surface area (Å²) in [6.45, 7) is 2.26. The minimum atomic E-state index is 0.0146. The molecule has 0 aromatic carbocycles. The normalized spacial score (nSPS) is 20.3. The van der Waals surface area contributed by atoms with Crippen LogP contribution in [-0.2, 0) is 9.53 Å². The summed E-state index contributed by atoms with van der Waals surface area (Å²) >= 11 is 0. The highest BCUT2D eigenvalue weighted by molar-refractivity contribution is 5.70. The van der Waals surface area contributed by atoms with Gasteiger partial charge in [-0.2, -0.15) is 0 Å². The maximum Gasteiger partial charge on any atom is 0.306 e. The zero-order chi connectivity index (χ0) is 12.3. The van der Waals surface area contributed by atoms with Crippen LogP contribution in [0.1, 0.15) is 84.0 Å². The molecule has 2 heteroatoms. The van der Waals surface area contributed by atoms with Crippen LogP contribution in [0.5, 0.6) is 0 Å². The van der Waals surface area contributed by atoms with Crippen LogP contribution in [0.15, 0.2) is 0 Å². The van der Waals surface area contributed by atoms with Gasteiger partial charge in [-0.15, -0.1) is 0 Å².